The lowest BCUT2D eigenvalue weighted by Crippen LogP contribution is -2.36. The first kappa shape index (κ1) is 18.2. The van der Waals surface area contributed by atoms with Crippen LogP contribution < -0.4 is 11.0 Å². The molecule has 3 rings (SSSR count). The fraction of sp³-hybridized carbons (Fsp3) is 0.333. The van der Waals surface area contributed by atoms with Gasteiger partial charge in [0.05, 0.1) is 0 Å². The van der Waals surface area contributed by atoms with Crippen LogP contribution in [-0.2, 0) is 17.8 Å². The molecule has 0 saturated heterocycles. The number of hydrogen-bond acceptors (Lipinski definition) is 5. The van der Waals surface area contributed by atoms with Gasteiger partial charge in [-0.1, -0.05) is 36.9 Å². The highest BCUT2D eigenvalue weighted by atomic mass is 32.2. The third-order valence-corrected chi connectivity index (χ3v) is 4.87. The van der Waals surface area contributed by atoms with Crippen molar-refractivity contribution in [3.63, 3.8) is 0 Å². The zero-order chi connectivity index (χ0) is 18.7. The van der Waals surface area contributed by atoms with E-state index < -0.39 is 0 Å². The van der Waals surface area contributed by atoms with Crippen LogP contribution in [0.5, 0.6) is 0 Å². The Morgan fingerprint density at radius 3 is 2.81 bits per heavy atom. The third-order valence-electron chi connectivity index (χ3n) is 3.77. The second kappa shape index (κ2) is 7.74. The predicted molar refractivity (Wildman–Crippen MR) is 100 cm³/mol. The van der Waals surface area contributed by atoms with Crippen molar-refractivity contribution < 1.29 is 4.79 Å². The van der Waals surface area contributed by atoms with Gasteiger partial charge in [0.1, 0.15) is 11.6 Å². The third kappa shape index (κ3) is 3.80. The lowest BCUT2D eigenvalue weighted by Gasteiger charge is -2.07. The van der Waals surface area contributed by atoms with Gasteiger partial charge in [0, 0.05) is 23.3 Å². The van der Waals surface area contributed by atoms with Crippen LogP contribution in [0.1, 0.15) is 26.3 Å². The van der Waals surface area contributed by atoms with Gasteiger partial charge in [-0.25, -0.2) is 18.9 Å². The molecular weight excluding hydrogens is 350 g/mol. The summed E-state index contributed by atoms with van der Waals surface area (Å²) in [5.74, 6) is -0.246. The molecule has 2 heterocycles. The normalized spacial score (nSPS) is 11.2. The number of nitrogens with one attached hydrogen (secondary N) is 1. The van der Waals surface area contributed by atoms with E-state index in [1.54, 1.807) is 12.4 Å². The summed E-state index contributed by atoms with van der Waals surface area (Å²) in [6.07, 6.45) is 4.05. The van der Waals surface area contributed by atoms with Gasteiger partial charge < -0.3 is 5.32 Å². The van der Waals surface area contributed by atoms with Crippen molar-refractivity contribution in [2.45, 2.75) is 49.7 Å². The second-order valence-corrected chi connectivity index (χ2v) is 7.18. The number of amides is 1. The van der Waals surface area contributed by atoms with E-state index in [0.717, 1.165) is 11.3 Å². The molecule has 0 aliphatic heterocycles. The fourth-order valence-electron chi connectivity index (χ4n) is 2.60. The Labute approximate surface area is 155 Å². The quantitative estimate of drug-likeness (QED) is 0.718. The molecule has 0 aliphatic carbocycles. The highest BCUT2D eigenvalue weighted by molar-refractivity contribution is 7.99. The summed E-state index contributed by atoms with van der Waals surface area (Å²) >= 11 is 1.47. The van der Waals surface area contributed by atoms with Crippen molar-refractivity contribution in [3.8, 4) is 0 Å². The van der Waals surface area contributed by atoms with Gasteiger partial charge in [0.15, 0.2) is 5.65 Å². The van der Waals surface area contributed by atoms with Gasteiger partial charge in [-0.15, -0.1) is 5.10 Å². The van der Waals surface area contributed by atoms with Crippen molar-refractivity contribution in [1.82, 2.24) is 24.5 Å². The van der Waals surface area contributed by atoms with E-state index in [9.17, 15) is 9.59 Å². The Bertz CT molecular complexity index is 993. The van der Waals surface area contributed by atoms with Crippen molar-refractivity contribution in [2.75, 3.05) is 0 Å². The highest BCUT2D eigenvalue weighted by Crippen LogP contribution is 2.30. The molecule has 0 atom stereocenters. The highest BCUT2D eigenvalue weighted by Gasteiger charge is 2.16. The number of hydrogen-bond donors (Lipinski definition) is 1. The number of carbonyl (C=O) groups is 1. The molecule has 0 unspecified atom stereocenters. The number of fused-ring (bicyclic) bond motifs is 1. The minimum atomic E-state index is -0.355. The van der Waals surface area contributed by atoms with E-state index in [1.165, 1.54) is 26.4 Å². The Hall–Kier alpha value is -2.61. The Morgan fingerprint density at radius 2 is 2.08 bits per heavy atom. The van der Waals surface area contributed by atoms with E-state index in [-0.39, 0.29) is 24.2 Å². The van der Waals surface area contributed by atoms with E-state index in [4.69, 9.17) is 0 Å². The molecule has 0 bridgehead atoms. The zero-order valence-electron chi connectivity index (χ0n) is 15.0. The van der Waals surface area contributed by atoms with Crippen LogP contribution in [0.2, 0.25) is 0 Å². The van der Waals surface area contributed by atoms with E-state index in [2.05, 4.69) is 28.4 Å². The number of aryl methyl sites for hydroxylation is 1. The predicted octanol–water partition coefficient (Wildman–Crippen LogP) is 2.13. The Kier molecular flexibility index (Phi) is 5.41. The molecule has 0 aliphatic rings. The van der Waals surface area contributed by atoms with Gasteiger partial charge >= 0.3 is 5.69 Å². The standard InChI is InChI=1S/C18H21N5O2S/c1-4-13-7-5-6-8-14(13)26-17-16-21-23(11-15(24)20-12(2)3)18(25)22(16)10-9-19-17/h5-10,12H,4,11H2,1-3H3,(H,20,24). The summed E-state index contributed by atoms with van der Waals surface area (Å²) in [4.78, 5) is 30.0. The van der Waals surface area contributed by atoms with E-state index in [1.807, 2.05) is 32.0 Å². The van der Waals surface area contributed by atoms with Gasteiger partial charge in [-0.3, -0.25) is 4.79 Å². The minimum Gasteiger partial charge on any atom is -0.352 e. The number of carbonyl (C=O) groups excluding carboxylic acids is 1. The average Bonchev–Trinajstić information content (AvgIpc) is 2.92. The van der Waals surface area contributed by atoms with Crippen LogP contribution in [0.4, 0.5) is 0 Å². The molecule has 8 heteroatoms. The lowest BCUT2D eigenvalue weighted by molar-refractivity contribution is -0.122. The van der Waals surface area contributed by atoms with Gasteiger partial charge in [-0.2, -0.15) is 0 Å². The van der Waals surface area contributed by atoms with E-state index >= 15 is 0 Å². The zero-order valence-corrected chi connectivity index (χ0v) is 15.8. The molecule has 0 saturated carbocycles. The first-order valence-electron chi connectivity index (χ1n) is 8.49. The van der Waals surface area contributed by atoms with Gasteiger partial charge in [0.25, 0.3) is 0 Å². The first-order chi connectivity index (χ1) is 12.5. The van der Waals surface area contributed by atoms with Crippen molar-refractivity contribution in [2.24, 2.45) is 0 Å². The SMILES string of the molecule is CCc1ccccc1Sc1nccn2c(=O)n(CC(=O)NC(C)C)nc12. The molecular formula is C18H21N5O2S. The topological polar surface area (TPSA) is 81.3 Å². The van der Waals surface area contributed by atoms with Crippen LogP contribution in [0, 0.1) is 0 Å². The van der Waals surface area contributed by atoms with E-state index in [0.29, 0.717) is 10.7 Å². The maximum absolute atomic E-state index is 12.5. The molecule has 0 fully saturated rings. The summed E-state index contributed by atoms with van der Waals surface area (Å²) in [5.41, 5.74) is 1.30. The number of aromatic nitrogens is 4. The van der Waals surface area contributed by atoms with Crippen LogP contribution in [0.25, 0.3) is 5.65 Å². The number of rotatable bonds is 6. The van der Waals surface area contributed by atoms with Crippen LogP contribution >= 0.6 is 11.8 Å². The molecule has 7 nitrogen and oxygen atoms in total. The summed E-state index contributed by atoms with van der Waals surface area (Å²) in [5, 5.41) is 7.73. The molecule has 1 amide bonds. The molecule has 0 radical (unpaired) electrons. The smallest absolute Gasteiger partial charge is 0.350 e. The monoisotopic (exact) mass is 371 g/mol. The summed E-state index contributed by atoms with van der Waals surface area (Å²) in [6, 6.07) is 8.09. The number of nitrogens with zero attached hydrogens (tertiary/aromatic N) is 4. The number of benzene rings is 1. The molecule has 2 aromatic heterocycles. The van der Waals surface area contributed by atoms with Crippen molar-refractivity contribution in [3.05, 3.63) is 52.7 Å². The molecule has 26 heavy (non-hydrogen) atoms. The van der Waals surface area contributed by atoms with Crippen molar-refractivity contribution in [1.29, 1.82) is 0 Å². The van der Waals surface area contributed by atoms with Crippen LogP contribution in [-0.4, -0.2) is 31.1 Å². The fourth-order valence-corrected chi connectivity index (χ4v) is 3.65. The molecule has 1 aromatic carbocycles. The van der Waals surface area contributed by atoms with Crippen molar-refractivity contribution >= 4 is 23.3 Å². The Morgan fingerprint density at radius 1 is 1.31 bits per heavy atom. The molecule has 0 spiro atoms. The van der Waals surface area contributed by atoms with Gasteiger partial charge in [0.2, 0.25) is 5.91 Å². The summed E-state index contributed by atoms with van der Waals surface area (Å²) < 4.78 is 2.59. The van der Waals surface area contributed by atoms with Crippen LogP contribution in [0.3, 0.4) is 0 Å². The maximum atomic E-state index is 12.5. The minimum absolute atomic E-state index is 0.00793. The van der Waals surface area contributed by atoms with Crippen LogP contribution in [0.15, 0.2) is 51.4 Å². The lowest BCUT2D eigenvalue weighted by atomic mass is 10.2. The van der Waals surface area contributed by atoms with Gasteiger partial charge in [-0.05, 0) is 31.9 Å². The average molecular weight is 371 g/mol. The first-order valence-corrected chi connectivity index (χ1v) is 9.30. The largest absolute Gasteiger partial charge is 0.352 e. The summed E-state index contributed by atoms with van der Waals surface area (Å²) in [7, 11) is 0. The molecule has 136 valence electrons. The maximum Gasteiger partial charge on any atom is 0.350 e. The second-order valence-electron chi connectivity index (χ2n) is 6.15. The Balaban J connectivity index is 1.96. The molecule has 1 N–H and O–H groups in total. The molecule has 3 aromatic rings. The summed E-state index contributed by atoms with van der Waals surface area (Å²) in [6.45, 7) is 5.72.